The summed E-state index contributed by atoms with van der Waals surface area (Å²) >= 11 is 0. The molecule has 0 aliphatic carbocycles. The molecule has 2 N–H and O–H groups in total. The standard InChI is InChI=1S/C30H41N6O6P/c1-7-23-11-9-13-25(15-23)41-43(37,42-26-14-10-12-24(8-2)16-26)36(22(4)30(38-5)39-6)20-40-21(3)17-35-19-34-27-28(31)32-18-33-29(27)35/h9-16,18-19,21-22,30H,7-8,17,20H2,1-6H3,(H2,31,32,33)/t21-,22+/m1/s1. The second-order valence-corrected chi connectivity index (χ2v) is 11.9. The van der Waals surface area contributed by atoms with Crippen LogP contribution in [-0.2, 0) is 38.2 Å². The highest BCUT2D eigenvalue weighted by atomic mass is 31.2. The van der Waals surface area contributed by atoms with Crippen LogP contribution in [0.1, 0.15) is 38.8 Å². The predicted octanol–water partition coefficient (Wildman–Crippen LogP) is 5.47. The van der Waals surface area contributed by atoms with Crippen molar-refractivity contribution in [2.45, 2.75) is 65.5 Å². The molecule has 12 nitrogen and oxygen atoms in total. The number of ether oxygens (including phenoxy) is 3. The lowest BCUT2D eigenvalue weighted by molar-refractivity contribution is -0.146. The van der Waals surface area contributed by atoms with Gasteiger partial charge in [-0.3, -0.25) is 0 Å². The Morgan fingerprint density at radius 2 is 1.53 bits per heavy atom. The normalized spacial score (nSPS) is 13.5. The van der Waals surface area contributed by atoms with Gasteiger partial charge in [-0.05, 0) is 62.1 Å². The number of nitrogens with zero attached hydrogens (tertiary/aromatic N) is 5. The highest BCUT2D eigenvalue weighted by Crippen LogP contribution is 2.53. The van der Waals surface area contributed by atoms with Crippen molar-refractivity contribution in [1.82, 2.24) is 24.2 Å². The van der Waals surface area contributed by atoms with Crippen molar-refractivity contribution in [3.8, 4) is 11.5 Å². The summed E-state index contributed by atoms with van der Waals surface area (Å²) < 4.78 is 48.3. The molecule has 0 aliphatic heterocycles. The summed E-state index contributed by atoms with van der Waals surface area (Å²) in [7, 11) is -1.11. The van der Waals surface area contributed by atoms with Crippen molar-refractivity contribution < 1.29 is 27.8 Å². The number of benzene rings is 2. The molecule has 2 aromatic carbocycles. The van der Waals surface area contributed by atoms with Gasteiger partial charge in [-0.2, -0.15) is 4.67 Å². The van der Waals surface area contributed by atoms with Gasteiger partial charge in [-0.25, -0.2) is 19.5 Å². The molecule has 0 fully saturated rings. The molecule has 13 heteroatoms. The van der Waals surface area contributed by atoms with E-state index < -0.39 is 20.1 Å². The molecule has 43 heavy (non-hydrogen) atoms. The lowest BCUT2D eigenvalue weighted by Crippen LogP contribution is -2.45. The molecular weight excluding hydrogens is 571 g/mol. The maximum atomic E-state index is 15.0. The molecule has 4 rings (SSSR count). The lowest BCUT2D eigenvalue weighted by atomic mass is 10.2. The topological polar surface area (TPSA) is 136 Å². The molecule has 2 aromatic heterocycles. The van der Waals surface area contributed by atoms with Crippen molar-refractivity contribution in [3.63, 3.8) is 0 Å². The Bertz CT molecular complexity index is 1480. The number of hydrogen-bond acceptors (Lipinski definition) is 10. The first kappa shape index (κ1) is 32.4. The van der Waals surface area contributed by atoms with E-state index >= 15 is 4.57 Å². The minimum absolute atomic E-state index is 0.131. The van der Waals surface area contributed by atoms with Crippen LogP contribution in [0.15, 0.2) is 61.2 Å². The third-order valence-corrected chi connectivity index (χ3v) is 9.06. The minimum Gasteiger partial charge on any atom is -0.404 e. The number of aryl methyl sites for hydroxylation is 2. The summed E-state index contributed by atoms with van der Waals surface area (Å²) in [5.41, 5.74) is 9.13. The fourth-order valence-electron chi connectivity index (χ4n) is 4.64. The van der Waals surface area contributed by atoms with Gasteiger partial charge in [0.1, 0.15) is 30.1 Å². The second kappa shape index (κ2) is 14.8. The van der Waals surface area contributed by atoms with Crippen LogP contribution in [0.2, 0.25) is 0 Å². The van der Waals surface area contributed by atoms with E-state index in [4.69, 9.17) is 29.0 Å². The van der Waals surface area contributed by atoms with Gasteiger partial charge in [-0.15, -0.1) is 0 Å². The van der Waals surface area contributed by atoms with E-state index in [2.05, 4.69) is 15.0 Å². The van der Waals surface area contributed by atoms with Crippen LogP contribution < -0.4 is 14.8 Å². The summed E-state index contributed by atoms with van der Waals surface area (Å²) in [4.78, 5) is 12.6. The number of nitrogen functional groups attached to an aromatic ring is 1. The summed E-state index contributed by atoms with van der Waals surface area (Å²) in [5, 5.41) is 0. The Balaban J connectivity index is 1.67. The zero-order valence-electron chi connectivity index (χ0n) is 25.5. The molecule has 0 bridgehead atoms. The maximum Gasteiger partial charge on any atom is 0.517 e. The Hall–Kier alpha value is -3.54. The van der Waals surface area contributed by atoms with Crippen LogP contribution in [0.3, 0.4) is 0 Å². The van der Waals surface area contributed by atoms with E-state index in [0.717, 1.165) is 24.0 Å². The monoisotopic (exact) mass is 612 g/mol. The molecule has 2 atom stereocenters. The average molecular weight is 613 g/mol. The first-order chi connectivity index (χ1) is 20.7. The van der Waals surface area contributed by atoms with Crippen molar-refractivity contribution in [1.29, 1.82) is 0 Å². The smallest absolute Gasteiger partial charge is 0.404 e. The quantitative estimate of drug-likeness (QED) is 0.127. The van der Waals surface area contributed by atoms with Gasteiger partial charge >= 0.3 is 7.75 Å². The van der Waals surface area contributed by atoms with Crippen LogP contribution in [0.4, 0.5) is 5.82 Å². The number of methoxy groups -OCH3 is 2. The predicted molar refractivity (Wildman–Crippen MR) is 165 cm³/mol. The fourth-order valence-corrected chi connectivity index (χ4v) is 6.41. The summed E-state index contributed by atoms with van der Waals surface area (Å²) in [6, 6.07) is 14.3. The van der Waals surface area contributed by atoms with E-state index in [1.807, 2.05) is 68.7 Å². The van der Waals surface area contributed by atoms with Gasteiger partial charge in [0.05, 0.1) is 25.0 Å². The number of imidazole rings is 1. The van der Waals surface area contributed by atoms with Crippen LogP contribution >= 0.6 is 7.75 Å². The molecule has 4 aromatic rings. The van der Waals surface area contributed by atoms with E-state index in [0.29, 0.717) is 35.0 Å². The average Bonchev–Trinajstić information content (AvgIpc) is 3.41. The van der Waals surface area contributed by atoms with Crippen molar-refractivity contribution >= 4 is 24.7 Å². The number of hydrogen-bond donors (Lipinski definition) is 1. The van der Waals surface area contributed by atoms with Gasteiger partial charge in [0.2, 0.25) is 0 Å². The molecular formula is C30H41N6O6P. The third-order valence-electron chi connectivity index (χ3n) is 7.07. The third kappa shape index (κ3) is 7.90. The zero-order valence-corrected chi connectivity index (χ0v) is 26.4. The molecule has 0 unspecified atom stereocenters. The van der Waals surface area contributed by atoms with Gasteiger partial charge in [0, 0.05) is 14.2 Å². The highest BCUT2D eigenvalue weighted by Gasteiger charge is 2.44. The van der Waals surface area contributed by atoms with Crippen molar-refractivity contribution in [2.75, 3.05) is 26.7 Å². The van der Waals surface area contributed by atoms with E-state index in [1.165, 1.54) is 25.2 Å². The Kier molecular flexibility index (Phi) is 11.1. The highest BCUT2D eigenvalue weighted by molar-refractivity contribution is 7.52. The molecule has 0 spiro atoms. The molecule has 0 saturated carbocycles. The molecule has 2 heterocycles. The number of rotatable bonds is 16. The van der Waals surface area contributed by atoms with Crippen LogP contribution in [0.25, 0.3) is 11.2 Å². The van der Waals surface area contributed by atoms with Crippen LogP contribution in [0, 0.1) is 0 Å². The number of nitrogens with two attached hydrogens (primary N) is 1. The molecule has 0 radical (unpaired) electrons. The zero-order chi connectivity index (χ0) is 31.0. The Morgan fingerprint density at radius 3 is 2.09 bits per heavy atom. The molecule has 0 aliphatic rings. The number of aromatic nitrogens is 4. The molecule has 232 valence electrons. The maximum absolute atomic E-state index is 15.0. The lowest BCUT2D eigenvalue weighted by Gasteiger charge is -2.37. The largest absolute Gasteiger partial charge is 0.517 e. The van der Waals surface area contributed by atoms with Crippen LogP contribution in [-0.4, -0.2) is 63.6 Å². The molecule has 0 amide bonds. The molecule has 0 saturated heterocycles. The Labute approximate surface area is 252 Å². The van der Waals surface area contributed by atoms with Crippen molar-refractivity contribution in [2.24, 2.45) is 0 Å². The summed E-state index contributed by atoms with van der Waals surface area (Å²) in [5.74, 6) is 1.12. The summed E-state index contributed by atoms with van der Waals surface area (Å²) in [6.07, 6.45) is 3.48. The van der Waals surface area contributed by atoms with Gasteiger partial charge in [-0.1, -0.05) is 38.1 Å². The first-order valence-corrected chi connectivity index (χ1v) is 15.7. The van der Waals surface area contributed by atoms with Gasteiger partial charge in [0.25, 0.3) is 0 Å². The number of fused-ring (bicyclic) bond motifs is 1. The second-order valence-electron chi connectivity index (χ2n) is 10.1. The Morgan fingerprint density at radius 1 is 0.930 bits per heavy atom. The van der Waals surface area contributed by atoms with E-state index in [9.17, 15) is 0 Å². The van der Waals surface area contributed by atoms with E-state index in [1.54, 1.807) is 18.5 Å². The van der Waals surface area contributed by atoms with Gasteiger partial charge < -0.3 is 33.6 Å². The SMILES string of the molecule is CCc1cccc(OP(=O)(Oc2cccc(CC)c2)N(CO[C@H](C)Cn2cnc3c(N)ncnc32)[C@@H](C)C(OC)OC)c1. The first-order valence-electron chi connectivity index (χ1n) is 14.2. The van der Waals surface area contributed by atoms with Crippen LogP contribution in [0.5, 0.6) is 11.5 Å². The summed E-state index contributed by atoms with van der Waals surface area (Å²) in [6.45, 7) is 8.07. The van der Waals surface area contributed by atoms with E-state index in [-0.39, 0.29) is 12.8 Å². The van der Waals surface area contributed by atoms with Crippen molar-refractivity contribution in [3.05, 3.63) is 72.3 Å². The minimum atomic E-state index is -4.15. The number of anilines is 1. The van der Waals surface area contributed by atoms with Gasteiger partial charge in [0.15, 0.2) is 17.8 Å². The fraction of sp³-hybridized carbons (Fsp3) is 0.433.